The molecule has 0 amide bonds. The van der Waals surface area contributed by atoms with E-state index in [1.54, 1.807) is 0 Å². The van der Waals surface area contributed by atoms with Crippen LogP contribution in [-0.4, -0.2) is 14.0 Å². The van der Waals surface area contributed by atoms with Crippen LogP contribution in [-0.2, 0) is 11.1 Å². The minimum Gasteiger partial charge on any atom is -0.306 e. The van der Waals surface area contributed by atoms with Crippen LogP contribution in [0.3, 0.4) is 0 Å². The summed E-state index contributed by atoms with van der Waals surface area (Å²) in [5.74, 6) is 0. The van der Waals surface area contributed by atoms with Crippen molar-refractivity contribution in [1.29, 1.82) is 0 Å². The Morgan fingerprint density at radius 3 is 2.25 bits per heavy atom. The van der Waals surface area contributed by atoms with Crippen molar-refractivity contribution in [2.75, 3.05) is 0 Å². The van der Waals surface area contributed by atoms with Gasteiger partial charge in [-0.2, -0.15) is 0 Å². The maximum Gasteiger partial charge on any atom is 0.156 e. The van der Waals surface area contributed by atoms with Gasteiger partial charge in [0, 0.05) is 0 Å². The molecule has 0 fully saturated rings. The lowest BCUT2D eigenvalue weighted by Gasteiger charge is -1.99. The molecule has 2 nitrogen and oxygen atoms in total. The Hall–Kier alpha value is -0.150. The molecule has 1 atom stereocenters. The van der Waals surface area contributed by atoms with E-state index >= 15 is 0 Å². The monoisotopic (exact) mass is 132 g/mol. The van der Waals surface area contributed by atoms with Gasteiger partial charge in [-0.25, -0.2) is 4.21 Å². The van der Waals surface area contributed by atoms with Gasteiger partial charge in [-0.05, 0) is 12.8 Å². The molecule has 0 aliphatic heterocycles. The third-order valence-corrected chi connectivity index (χ3v) is 2.20. The van der Waals surface area contributed by atoms with Crippen LogP contribution in [0, 0.1) is 0 Å². The molecule has 1 rings (SSSR count). The fourth-order valence-corrected chi connectivity index (χ4v) is 1.31. The van der Waals surface area contributed by atoms with Crippen molar-refractivity contribution in [2.45, 2.75) is 18.1 Å². The molecule has 0 aromatic rings. The first-order chi connectivity index (χ1) is 3.80. The standard InChI is InChI=1S/C5H8O2S/c6-8(7)5-3-1-2-4-5/h1-2,5H,3-4H2,(H,6,7). The van der Waals surface area contributed by atoms with Gasteiger partial charge in [0.25, 0.3) is 0 Å². The van der Waals surface area contributed by atoms with Crippen LogP contribution in [0.1, 0.15) is 12.8 Å². The Morgan fingerprint density at radius 1 is 1.50 bits per heavy atom. The summed E-state index contributed by atoms with van der Waals surface area (Å²) in [5, 5.41) is -0.0185. The van der Waals surface area contributed by atoms with Crippen LogP contribution in [0.4, 0.5) is 0 Å². The van der Waals surface area contributed by atoms with E-state index in [2.05, 4.69) is 0 Å². The van der Waals surface area contributed by atoms with Crippen molar-refractivity contribution in [3.05, 3.63) is 12.2 Å². The van der Waals surface area contributed by atoms with Crippen LogP contribution < -0.4 is 0 Å². The van der Waals surface area contributed by atoms with Gasteiger partial charge in [-0.3, -0.25) is 0 Å². The summed E-state index contributed by atoms with van der Waals surface area (Å²) < 4.78 is 18.8. The molecule has 8 heavy (non-hydrogen) atoms. The Morgan fingerprint density at radius 2 is 2.00 bits per heavy atom. The number of rotatable bonds is 1. The molecule has 0 heterocycles. The Labute approximate surface area is 50.9 Å². The van der Waals surface area contributed by atoms with E-state index in [1.807, 2.05) is 12.2 Å². The highest BCUT2D eigenvalue weighted by atomic mass is 32.2. The molecule has 0 saturated heterocycles. The summed E-state index contributed by atoms with van der Waals surface area (Å²) in [6, 6.07) is 0. The highest BCUT2D eigenvalue weighted by Crippen LogP contribution is 2.13. The quantitative estimate of drug-likeness (QED) is 0.425. The molecule has 0 bridgehead atoms. The second kappa shape index (κ2) is 2.42. The number of allylic oxidation sites excluding steroid dienone is 2. The lowest BCUT2D eigenvalue weighted by Crippen LogP contribution is -2.08. The minimum atomic E-state index is -1.60. The summed E-state index contributed by atoms with van der Waals surface area (Å²) in [4.78, 5) is 0. The first-order valence-electron chi connectivity index (χ1n) is 2.55. The minimum absolute atomic E-state index is 0.0185. The molecule has 1 unspecified atom stereocenters. The molecule has 0 radical (unpaired) electrons. The molecular formula is C5H8O2S. The largest absolute Gasteiger partial charge is 0.306 e. The van der Waals surface area contributed by atoms with Crippen LogP contribution in [0.15, 0.2) is 12.2 Å². The molecule has 1 aliphatic carbocycles. The van der Waals surface area contributed by atoms with E-state index in [0.29, 0.717) is 0 Å². The van der Waals surface area contributed by atoms with Crippen LogP contribution in [0.2, 0.25) is 0 Å². The summed E-state index contributed by atoms with van der Waals surface area (Å²) in [6.45, 7) is 0. The second-order valence-electron chi connectivity index (χ2n) is 1.84. The smallest absolute Gasteiger partial charge is 0.156 e. The molecule has 3 heteroatoms. The van der Waals surface area contributed by atoms with Crippen molar-refractivity contribution < 1.29 is 8.76 Å². The normalized spacial score (nSPS) is 24.1. The van der Waals surface area contributed by atoms with Crippen molar-refractivity contribution in [2.24, 2.45) is 0 Å². The fraction of sp³-hybridized carbons (Fsp3) is 0.600. The first-order valence-corrected chi connectivity index (χ1v) is 3.72. The maximum atomic E-state index is 10.3. The van der Waals surface area contributed by atoms with Gasteiger partial charge in [-0.1, -0.05) is 12.2 Å². The van der Waals surface area contributed by atoms with Crippen molar-refractivity contribution in [3.63, 3.8) is 0 Å². The molecule has 0 aromatic heterocycles. The van der Waals surface area contributed by atoms with E-state index in [1.165, 1.54) is 0 Å². The summed E-state index contributed by atoms with van der Waals surface area (Å²) in [5.41, 5.74) is 0. The van der Waals surface area contributed by atoms with E-state index in [9.17, 15) is 4.21 Å². The molecular weight excluding hydrogens is 124 g/mol. The van der Waals surface area contributed by atoms with Crippen molar-refractivity contribution in [1.82, 2.24) is 0 Å². The Kier molecular flexibility index (Phi) is 1.81. The van der Waals surface area contributed by atoms with Crippen molar-refractivity contribution >= 4 is 11.1 Å². The predicted molar refractivity (Wildman–Crippen MR) is 32.9 cm³/mol. The zero-order valence-electron chi connectivity index (χ0n) is 4.41. The molecule has 46 valence electrons. The number of hydrogen-bond acceptors (Lipinski definition) is 1. The Bertz CT molecular complexity index is 122. The van der Waals surface area contributed by atoms with Gasteiger partial charge in [-0.15, -0.1) is 0 Å². The lowest BCUT2D eigenvalue weighted by molar-refractivity contribution is 0.549. The molecule has 1 aliphatic rings. The Balaban J connectivity index is 2.41. The number of hydrogen-bond donors (Lipinski definition) is 1. The van der Waals surface area contributed by atoms with Gasteiger partial charge in [0.2, 0.25) is 0 Å². The van der Waals surface area contributed by atoms with Crippen LogP contribution in [0.25, 0.3) is 0 Å². The molecule has 1 N–H and O–H groups in total. The van der Waals surface area contributed by atoms with E-state index in [4.69, 9.17) is 4.55 Å². The molecule has 0 aromatic carbocycles. The highest BCUT2D eigenvalue weighted by Gasteiger charge is 2.14. The maximum absolute atomic E-state index is 10.3. The zero-order chi connectivity index (χ0) is 5.98. The van der Waals surface area contributed by atoms with Gasteiger partial charge in [0.15, 0.2) is 11.1 Å². The van der Waals surface area contributed by atoms with Crippen LogP contribution >= 0.6 is 0 Å². The zero-order valence-corrected chi connectivity index (χ0v) is 5.23. The first kappa shape index (κ1) is 5.98. The van der Waals surface area contributed by atoms with Crippen molar-refractivity contribution in [3.8, 4) is 0 Å². The van der Waals surface area contributed by atoms with E-state index < -0.39 is 11.1 Å². The lowest BCUT2D eigenvalue weighted by atomic mass is 10.4. The second-order valence-corrected chi connectivity index (χ2v) is 3.06. The summed E-state index contributed by atoms with van der Waals surface area (Å²) >= 11 is -1.60. The highest BCUT2D eigenvalue weighted by molar-refractivity contribution is 7.79. The SMILES string of the molecule is O=S(O)C1CC=CC1. The van der Waals surface area contributed by atoms with E-state index in [0.717, 1.165) is 12.8 Å². The average Bonchev–Trinajstić information content (AvgIpc) is 2.12. The van der Waals surface area contributed by atoms with Gasteiger partial charge < -0.3 is 4.55 Å². The average molecular weight is 132 g/mol. The van der Waals surface area contributed by atoms with E-state index in [-0.39, 0.29) is 5.25 Å². The third kappa shape index (κ3) is 1.17. The van der Waals surface area contributed by atoms with Crippen LogP contribution in [0.5, 0.6) is 0 Å². The summed E-state index contributed by atoms with van der Waals surface area (Å²) in [6.07, 6.45) is 5.42. The van der Waals surface area contributed by atoms with Gasteiger partial charge >= 0.3 is 0 Å². The molecule has 0 spiro atoms. The predicted octanol–water partition coefficient (Wildman–Crippen LogP) is 0.927. The topological polar surface area (TPSA) is 37.3 Å². The fourth-order valence-electron chi connectivity index (χ4n) is 0.757. The summed E-state index contributed by atoms with van der Waals surface area (Å²) in [7, 11) is 0. The third-order valence-electron chi connectivity index (χ3n) is 1.25. The van der Waals surface area contributed by atoms with Gasteiger partial charge in [0.1, 0.15) is 0 Å². The molecule has 0 saturated carbocycles. The van der Waals surface area contributed by atoms with Gasteiger partial charge in [0.05, 0.1) is 5.25 Å².